The minimum absolute atomic E-state index is 0.0850. The molecular formula is C15H21NO3. The van der Waals surface area contributed by atoms with Crippen molar-refractivity contribution in [3.05, 3.63) is 35.9 Å². The number of piperidine rings is 1. The number of aliphatic hydroxyl groups is 3. The van der Waals surface area contributed by atoms with Crippen LogP contribution in [0.15, 0.2) is 30.3 Å². The topological polar surface area (TPSA) is 72.7 Å². The Morgan fingerprint density at radius 3 is 2.58 bits per heavy atom. The lowest BCUT2D eigenvalue weighted by molar-refractivity contribution is 0.0126. The van der Waals surface area contributed by atoms with Crippen LogP contribution in [0.1, 0.15) is 24.8 Å². The van der Waals surface area contributed by atoms with Gasteiger partial charge in [0.25, 0.3) is 0 Å². The Kier molecular flexibility index (Phi) is 3.14. The lowest BCUT2D eigenvalue weighted by Gasteiger charge is -2.45. The molecule has 4 N–H and O–H groups in total. The van der Waals surface area contributed by atoms with Crippen LogP contribution >= 0.6 is 0 Å². The summed E-state index contributed by atoms with van der Waals surface area (Å²) in [5.41, 5.74) is 0.374. The fourth-order valence-corrected chi connectivity index (χ4v) is 3.99. The van der Waals surface area contributed by atoms with Crippen LogP contribution in [-0.4, -0.2) is 45.7 Å². The second kappa shape index (κ2) is 4.56. The Morgan fingerprint density at radius 1 is 1.26 bits per heavy atom. The highest BCUT2D eigenvalue weighted by Gasteiger charge is 2.60. The van der Waals surface area contributed by atoms with Gasteiger partial charge in [0.15, 0.2) is 0 Å². The maximum atomic E-state index is 10.5. The Labute approximate surface area is 113 Å². The van der Waals surface area contributed by atoms with Crippen LogP contribution in [0, 0.1) is 5.92 Å². The smallest absolute Gasteiger partial charge is 0.0738 e. The van der Waals surface area contributed by atoms with Crippen LogP contribution in [0.5, 0.6) is 0 Å². The summed E-state index contributed by atoms with van der Waals surface area (Å²) >= 11 is 0. The van der Waals surface area contributed by atoms with Crippen molar-refractivity contribution < 1.29 is 15.3 Å². The lowest BCUT2D eigenvalue weighted by Crippen LogP contribution is -2.61. The first-order valence-corrected chi connectivity index (χ1v) is 6.90. The van der Waals surface area contributed by atoms with Gasteiger partial charge in [0, 0.05) is 17.9 Å². The third-order valence-corrected chi connectivity index (χ3v) is 5.05. The van der Waals surface area contributed by atoms with Gasteiger partial charge in [-0.1, -0.05) is 37.3 Å². The number of aliphatic hydroxyl groups excluding tert-OH is 3. The molecule has 104 valence electrons. The van der Waals surface area contributed by atoms with E-state index in [1.165, 1.54) is 0 Å². The molecule has 6 atom stereocenters. The number of rotatable bonds is 2. The normalized spacial score (nSPS) is 45.4. The van der Waals surface area contributed by atoms with Crippen LogP contribution in [-0.2, 0) is 0 Å². The van der Waals surface area contributed by atoms with Crippen molar-refractivity contribution >= 4 is 0 Å². The van der Waals surface area contributed by atoms with Gasteiger partial charge in [-0.25, -0.2) is 0 Å². The molecule has 0 aromatic heterocycles. The van der Waals surface area contributed by atoms with Gasteiger partial charge in [0.2, 0.25) is 0 Å². The summed E-state index contributed by atoms with van der Waals surface area (Å²) in [6, 6.07) is 9.64. The number of hydrogen-bond donors (Lipinski definition) is 4. The molecule has 2 saturated heterocycles. The molecule has 0 saturated carbocycles. The summed E-state index contributed by atoms with van der Waals surface area (Å²) < 4.78 is 0. The molecule has 4 heteroatoms. The van der Waals surface area contributed by atoms with E-state index < -0.39 is 17.7 Å². The maximum Gasteiger partial charge on any atom is 0.0738 e. The van der Waals surface area contributed by atoms with Crippen molar-refractivity contribution in [1.29, 1.82) is 0 Å². The zero-order valence-corrected chi connectivity index (χ0v) is 11.0. The SMILES string of the molecule is C[C@@H]1[C@@H](O)[C@@H]2C[C@@H](O)[C@@H](c3ccccc3)[C@@]1(CO)N2. The van der Waals surface area contributed by atoms with E-state index in [4.69, 9.17) is 0 Å². The van der Waals surface area contributed by atoms with Gasteiger partial charge in [-0.3, -0.25) is 0 Å². The number of benzene rings is 1. The molecule has 19 heavy (non-hydrogen) atoms. The predicted molar refractivity (Wildman–Crippen MR) is 71.7 cm³/mol. The molecule has 1 aromatic rings. The molecule has 0 spiro atoms. The van der Waals surface area contributed by atoms with Gasteiger partial charge in [-0.05, 0) is 12.0 Å². The summed E-state index contributed by atoms with van der Waals surface area (Å²) in [6.45, 7) is 1.86. The number of hydrogen-bond acceptors (Lipinski definition) is 4. The van der Waals surface area contributed by atoms with E-state index in [-0.39, 0.29) is 24.5 Å². The summed E-state index contributed by atoms with van der Waals surface area (Å²) in [7, 11) is 0. The minimum Gasteiger partial charge on any atom is -0.394 e. The zero-order valence-electron chi connectivity index (χ0n) is 11.0. The maximum absolute atomic E-state index is 10.5. The summed E-state index contributed by atoms with van der Waals surface area (Å²) in [5.74, 6) is -0.285. The largest absolute Gasteiger partial charge is 0.394 e. The van der Waals surface area contributed by atoms with Gasteiger partial charge >= 0.3 is 0 Å². The van der Waals surface area contributed by atoms with Crippen LogP contribution in [0.2, 0.25) is 0 Å². The van der Waals surface area contributed by atoms with Gasteiger partial charge < -0.3 is 20.6 Å². The average molecular weight is 263 g/mol. The van der Waals surface area contributed by atoms with E-state index in [2.05, 4.69) is 5.32 Å². The standard InChI is InChI=1S/C15H21NO3/c1-9-14(19)11-7-12(18)13(15(9,8-17)16-11)10-5-3-2-4-6-10/h2-6,9,11-14,16-19H,7-8H2,1H3/t9-,11+,12-,13-,14-,15+/m1/s1. The Morgan fingerprint density at radius 2 is 1.95 bits per heavy atom. The first kappa shape index (κ1) is 13.1. The highest BCUT2D eigenvalue weighted by Crippen LogP contribution is 2.48. The molecule has 0 aliphatic carbocycles. The van der Waals surface area contributed by atoms with Crippen molar-refractivity contribution in [2.24, 2.45) is 5.92 Å². The third kappa shape index (κ3) is 1.75. The average Bonchev–Trinajstić information content (AvgIpc) is 2.63. The van der Waals surface area contributed by atoms with Crippen molar-refractivity contribution in [3.8, 4) is 0 Å². The summed E-state index contributed by atoms with van der Waals surface area (Å²) in [6.07, 6.45) is -0.539. The molecule has 2 heterocycles. The highest BCUT2D eigenvalue weighted by atomic mass is 16.3. The van der Waals surface area contributed by atoms with E-state index in [1.807, 2.05) is 37.3 Å². The van der Waals surface area contributed by atoms with Crippen molar-refractivity contribution in [2.45, 2.75) is 43.1 Å². The fourth-order valence-electron chi connectivity index (χ4n) is 3.99. The molecule has 0 unspecified atom stereocenters. The molecule has 2 fully saturated rings. The predicted octanol–water partition coefficient (Wildman–Crippen LogP) is 0.235. The molecular weight excluding hydrogens is 242 g/mol. The van der Waals surface area contributed by atoms with E-state index in [0.717, 1.165) is 5.56 Å². The Hall–Kier alpha value is -0.940. The second-order valence-electron chi connectivity index (χ2n) is 5.92. The summed E-state index contributed by atoms with van der Waals surface area (Å²) in [5, 5.41) is 34.0. The molecule has 0 amide bonds. The van der Waals surface area contributed by atoms with Crippen molar-refractivity contribution in [1.82, 2.24) is 5.32 Å². The van der Waals surface area contributed by atoms with E-state index in [0.29, 0.717) is 6.42 Å². The van der Waals surface area contributed by atoms with Gasteiger partial charge in [0.05, 0.1) is 24.4 Å². The third-order valence-electron chi connectivity index (χ3n) is 5.05. The first-order chi connectivity index (χ1) is 9.10. The number of nitrogens with one attached hydrogen (secondary N) is 1. The fraction of sp³-hybridized carbons (Fsp3) is 0.600. The van der Waals surface area contributed by atoms with Crippen LogP contribution < -0.4 is 5.32 Å². The van der Waals surface area contributed by atoms with Gasteiger partial charge in [0.1, 0.15) is 0 Å². The summed E-state index contributed by atoms with van der Waals surface area (Å²) in [4.78, 5) is 0. The first-order valence-electron chi connectivity index (χ1n) is 6.90. The number of fused-ring (bicyclic) bond motifs is 2. The highest BCUT2D eigenvalue weighted by molar-refractivity contribution is 5.31. The van der Waals surface area contributed by atoms with Crippen molar-refractivity contribution in [2.75, 3.05) is 6.61 Å². The molecule has 2 aliphatic heterocycles. The molecule has 2 aliphatic rings. The van der Waals surface area contributed by atoms with Crippen LogP contribution in [0.4, 0.5) is 0 Å². The zero-order chi connectivity index (χ0) is 13.6. The van der Waals surface area contributed by atoms with Gasteiger partial charge in [-0.15, -0.1) is 0 Å². The van der Waals surface area contributed by atoms with Crippen LogP contribution in [0.3, 0.4) is 0 Å². The molecule has 2 bridgehead atoms. The minimum atomic E-state index is -0.636. The monoisotopic (exact) mass is 263 g/mol. The Bertz CT molecular complexity index is 452. The van der Waals surface area contributed by atoms with Crippen molar-refractivity contribution in [3.63, 3.8) is 0 Å². The Balaban J connectivity index is 2.07. The van der Waals surface area contributed by atoms with Crippen LogP contribution in [0.25, 0.3) is 0 Å². The molecule has 1 aromatic carbocycles. The second-order valence-corrected chi connectivity index (χ2v) is 5.92. The lowest BCUT2D eigenvalue weighted by atomic mass is 9.70. The van der Waals surface area contributed by atoms with E-state index in [9.17, 15) is 15.3 Å². The quantitative estimate of drug-likeness (QED) is 0.616. The molecule has 4 nitrogen and oxygen atoms in total. The molecule has 0 radical (unpaired) electrons. The molecule has 3 rings (SSSR count). The van der Waals surface area contributed by atoms with Gasteiger partial charge in [-0.2, -0.15) is 0 Å². The van der Waals surface area contributed by atoms with E-state index in [1.54, 1.807) is 0 Å². The van der Waals surface area contributed by atoms with E-state index >= 15 is 0 Å².